The van der Waals surface area contributed by atoms with Crippen LogP contribution in [0.5, 0.6) is 0 Å². The minimum Gasteiger partial charge on any atom is -0.355 e. The van der Waals surface area contributed by atoms with Crippen LogP contribution in [0.4, 0.5) is 5.69 Å². The second-order valence-electron chi connectivity index (χ2n) is 4.04. The molecule has 5 heteroatoms. The number of amides is 2. The second kappa shape index (κ2) is 6.40. The maximum atomic E-state index is 11.7. The Bertz CT molecular complexity index is 460. The number of halogens is 1. The van der Waals surface area contributed by atoms with Crippen LogP contribution < -0.4 is 10.2 Å². The molecule has 0 aliphatic carbocycles. The fourth-order valence-electron chi connectivity index (χ4n) is 1.68. The second-order valence-corrected chi connectivity index (χ2v) is 4.44. The molecule has 98 valence electrons. The summed E-state index contributed by atoms with van der Waals surface area (Å²) in [5.41, 5.74) is 1.64. The molecule has 4 nitrogen and oxygen atoms in total. The topological polar surface area (TPSA) is 49.4 Å². The Morgan fingerprint density at radius 2 is 2.00 bits per heavy atom. The summed E-state index contributed by atoms with van der Waals surface area (Å²) in [7, 11) is 0. The van der Waals surface area contributed by atoms with Gasteiger partial charge in [-0.1, -0.05) is 17.7 Å². The number of rotatable bonds is 4. The third-order valence-electron chi connectivity index (χ3n) is 2.62. The predicted octanol–water partition coefficient (Wildman–Crippen LogP) is 2.14. The van der Waals surface area contributed by atoms with Crippen LogP contribution >= 0.6 is 11.6 Å². The molecule has 2 amide bonds. The average Bonchev–Trinajstić information content (AvgIpc) is 2.28. The Morgan fingerprint density at radius 1 is 1.33 bits per heavy atom. The summed E-state index contributed by atoms with van der Waals surface area (Å²) < 4.78 is 0. The normalized spacial score (nSPS) is 10.0. The van der Waals surface area contributed by atoms with E-state index in [0.717, 1.165) is 11.3 Å². The summed E-state index contributed by atoms with van der Waals surface area (Å²) in [5, 5.41) is 3.29. The number of hydrogen-bond donors (Lipinski definition) is 1. The number of carbonyl (C=O) groups is 2. The van der Waals surface area contributed by atoms with Crippen molar-refractivity contribution in [3.05, 3.63) is 28.8 Å². The lowest BCUT2D eigenvalue weighted by molar-refractivity contribution is -0.119. The largest absolute Gasteiger partial charge is 0.355 e. The Hall–Kier alpha value is -1.55. The van der Waals surface area contributed by atoms with Gasteiger partial charge in [0, 0.05) is 37.6 Å². The summed E-state index contributed by atoms with van der Waals surface area (Å²) in [4.78, 5) is 24.1. The summed E-state index contributed by atoms with van der Waals surface area (Å²) >= 11 is 6.04. The molecule has 1 rings (SSSR count). The number of anilines is 1. The zero-order valence-corrected chi connectivity index (χ0v) is 11.5. The Morgan fingerprint density at radius 3 is 2.56 bits per heavy atom. The standard InChI is InChI=1S/C13H17ClN2O2/c1-9-12(14)5-4-6-13(9)16(11(3)18)8-7-15-10(2)17/h4-6H,7-8H2,1-3H3,(H,15,17). The van der Waals surface area contributed by atoms with Crippen molar-refractivity contribution in [3.63, 3.8) is 0 Å². The van der Waals surface area contributed by atoms with Crippen molar-refractivity contribution >= 4 is 29.1 Å². The molecule has 0 fully saturated rings. The van der Waals surface area contributed by atoms with Gasteiger partial charge < -0.3 is 10.2 Å². The number of carbonyl (C=O) groups excluding carboxylic acids is 2. The zero-order valence-electron chi connectivity index (χ0n) is 10.8. The first-order valence-corrected chi connectivity index (χ1v) is 6.09. The molecule has 0 unspecified atom stereocenters. The number of benzene rings is 1. The number of hydrogen-bond acceptors (Lipinski definition) is 2. The number of nitrogens with zero attached hydrogens (tertiary/aromatic N) is 1. The summed E-state index contributed by atoms with van der Waals surface area (Å²) in [6.45, 7) is 5.65. The van der Waals surface area contributed by atoms with Crippen LogP contribution in [0.15, 0.2) is 18.2 Å². The van der Waals surface area contributed by atoms with Crippen molar-refractivity contribution in [1.82, 2.24) is 5.32 Å². The molecule has 0 spiro atoms. The van der Waals surface area contributed by atoms with Gasteiger partial charge in [0.25, 0.3) is 0 Å². The maximum absolute atomic E-state index is 11.7. The highest BCUT2D eigenvalue weighted by Crippen LogP contribution is 2.26. The van der Waals surface area contributed by atoms with Gasteiger partial charge in [0.2, 0.25) is 11.8 Å². The zero-order chi connectivity index (χ0) is 13.7. The Kier molecular flexibility index (Phi) is 5.16. The molecule has 0 saturated carbocycles. The first-order valence-electron chi connectivity index (χ1n) is 5.71. The smallest absolute Gasteiger partial charge is 0.223 e. The van der Waals surface area contributed by atoms with Crippen molar-refractivity contribution in [3.8, 4) is 0 Å². The van der Waals surface area contributed by atoms with E-state index < -0.39 is 0 Å². The number of nitrogens with one attached hydrogen (secondary N) is 1. The fourth-order valence-corrected chi connectivity index (χ4v) is 1.85. The average molecular weight is 269 g/mol. The van der Waals surface area contributed by atoms with Gasteiger partial charge in [0.05, 0.1) is 0 Å². The van der Waals surface area contributed by atoms with E-state index in [-0.39, 0.29) is 11.8 Å². The summed E-state index contributed by atoms with van der Waals surface area (Å²) in [5.74, 6) is -0.188. The maximum Gasteiger partial charge on any atom is 0.223 e. The molecule has 1 aromatic rings. The van der Waals surface area contributed by atoms with Crippen molar-refractivity contribution in [2.24, 2.45) is 0 Å². The van der Waals surface area contributed by atoms with E-state index in [1.165, 1.54) is 13.8 Å². The summed E-state index contributed by atoms with van der Waals surface area (Å²) in [6, 6.07) is 5.43. The van der Waals surface area contributed by atoms with Gasteiger partial charge in [-0.25, -0.2) is 0 Å². The Balaban J connectivity index is 2.88. The first kappa shape index (κ1) is 14.5. The molecule has 18 heavy (non-hydrogen) atoms. The van der Waals surface area contributed by atoms with E-state index in [2.05, 4.69) is 5.32 Å². The molecule has 0 atom stereocenters. The molecule has 0 bridgehead atoms. The van der Waals surface area contributed by atoms with Crippen LogP contribution in [0.1, 0.15) is 19.4 Å². The van der Waals surface area contributed by atoms with Gasteiger partial charge in [-0.05, 0) is 24.6 Å². The van der Waals surface area contributed by atoms with Crippen LogP contribution in [0.25, 0.3) is 0 Å². The van der Waals surface area contributed by atoms with Gasteiger partial charge in [0.1, 0.15) is 0 Å². The van der Waals surface area contributed by atoms with Gasteiger partial charge >= 0.3 is 0 Å². The van der Waals surface area contributed by atoms with Crippen LogP contribution in [0.3, 0.4) is 0 Å². The van der Waals surface area contributed by atoms with E-state index in [1.807, 2.05) is 13.0 Å². The lowest BCUT2D eigenvalue weighted by atomic mass is 10.1. The van der Waals surface area contributed by atoms with Gasteiger partial charge in [-0.2, -0.15) is 0 Å². The Labute approximate surface area is 112 Å². The molecule has 0 radical (unpaired) electrons. The molecular weight excluding hydrogens is 252 g/mol. The van der Waals surface area contributed by atoms with E-state index in [0.29, 0.717) is 18.1 Å². The minimum atomic E-state index is -0.110. The SMILES string of the molecule is CC(=O)NCCN(C(C)=O)c1cccc(Cl)c1C. The van der Waals surface area contributed by atoms with Crippen LogP contribution in [-0.2, 0) is 9.59 Å². The molecule has 0 aromatic heterocycles. The van der Waals surface area contributed by atoms with Crippen molar-refractivity contribution in [1.29, 1.82) is 0 Å². The highest BCUT2D eigenvalue weighted by Gasteiger charge is 2.14. The van der Waals surface area contributed by atoms with Crippen LogP contribution in [0, 0.1) is 6.92 Å². The van der Waals surface area contributed by atoms with Crippen molar-refractivity contribution in [2.75, 3.05) is 18.0 Å². The lowest BCUT2D eigenvalue weighted by Crippen LogP contribution is -2.37. The molecule has 1 aromatic carbocycles. The lowest BCUT2D eigenvalue weighted by Gasteiger charge is -2.23. The molecular formula is C13H17ClN2O2. The van der Waals surface area contributed by atoms with E-state index in [1.54, 1.807) is 17.0 Å². The quantitative estimate of drug-likeness (QED) is 0.910. The van der Waals surface area contributed by atoms with Crippen molar-refractivity contribution in [2.45, 2.75) is 20.8 Å². The first-order chi connectivity index (χ1) is 8.43. The molecule has 0 heterocycles. The van der Waals surface area contributed by atoms with Crippen molar-refractivity contribution < 1.29 is 9.59 Å². The van der Waals surface area contributed by atoms with Crippen LogP contribution in [-0.4, -0.2) is 24.9 Å². The molecule has 0 saturated heterocycles. The summed E-state index contributed by atoms with van der Waals surface area (Å²) in [6.07, 6.45) is 0. The van der Waals surface area contributed by atoms with E-state index >= 15 is 0 Å². The predicted molar refractivity (Wildman–Crippen MR) is 72.9 cm³/mol. The third-order valence-corrected chi connectivity index (χ3v) is 3.03. The monoisotopic (exact) mass is 268 g/mol. The fraction of sp³-hybridized carbons (Fsp3) is 0.385. The van der Waals surface area contributed by atoms with Gasteiger partial charge in [0.15, 0.2) is 0 Å². The van der Waals surface area contributed by atoms with Crippen LogP contribution in [0.2, 0.25) is 5.02 Å². The molecule has 1 N–H and O–H groups in total. The van der Waals surface area contributed by atoms with E-state index in [9.17, 15) is 9.59 Å². The van der Waals surface area contributed by atoms with E-state index in [4.69, 9.17) is 11.6 Å². The molecule has 0 aliphatic heterocycles. The molecule has 0 aliphatic rings. The van der Waals surface area contributed by atoms with Gasteiger partial charge in [-0.15, -0.1) is 0 Å². The highest BCUT2D eigenvalue weighted by molar-refractivity contribution is 6.31. The third kappa shape index (κ3) is 3.74. The highest BCUT2D eigenvalue weighted by atomic mass is 35.5. The van der Waals surface area contributed by atoms with Gasteiger partial charge in [-0.3, -0.25) is 9.59 Å². The minimum absolute atomic E-state index is 0.0780.